The second-order valence-corrected chi connectivity index (χ2v) is 8.42. The van der Waals surface area contributed by atoms with Gasteiger partial charge in [0.25, 0.3) is 0 Å². The van der Waals surface area contributed by atoms with Crippen LogP contribution in [0.3, 0.4) is 0 Å². The summed E-state index contributed by atoms with van der Waals surface area (Å²) in [6.45, 7) is 6.00. The van der Waals surface area contributed by atoms with Gasteiger partial charge in [-0.05, 0) is 52.2 Å². The number of pyridine rings is 1. The number of nitrogens with zero attached hydrogens (tertiary/aromatic N) is 1. The molecule has 1 heterocycles. The van der Waals surface area contributed by atoms with Gasteiger partial charge in [-0.1, -0.05) is 31.7 Å². The molecule has 0 spiro atoms. The van der Waals surface area contributed by atoms with Gasteiger partial charge in [0.1, 0.15) is 5.60 Å². The summed E-state index contributed by atoms with van der Waals surface area (Å²) in [6, 6.07) is 5.71. The Morgan fingerprint density at radius 2 is 1.85 bits per heavy atom. The Hall–Kier alpha value is -2.11. The van der Waals surface area contributed by atoms with Gasteiger partial charge in [-0.2, -0.15) is 0 Å². The van der Waals surface area contributed by atoms with Crippen molar-refractivity contribution in [2.75, 3.05) is 6.54 Å². The number of aryl methyl sites for hydroxylation is 1. The zero-order chi connectivity index (χ0) is 19.8. The zero-order valence-corrected chi connectivity index (χ0v) is 16.8. The van der Waals surface area contributed by atoms with Gasteiger partial charge < -0.3 is 15.4 Å². The van der Waals surface area contributed by atoms with Crippen LogP contribution in [0.15, 0.2) is 24.4 Å². The number of hydrogen-bond donors (Lipinski definition) is 2. The monoisotopic (exact) mass is 375 g/mol. The predicted molar refractivity (Wildman–Crippen MR) is 105 cm³/mol. The van der Waals surface area contributed by atoms with Crippen molar-refractivity contribution in [2.24, 2.45) is 0 Å². The molecule has 0 bridgehead atoms. The maximum Gasteiger partial charge on any atom is 0.408 e. The lowest BCUT2D eigenvalue weighted by molar-refractivity contribution is -0.121. The van der Waals surface area contributed by atoms with Gasteiger partial charge in [-0.15, -0.1) is 0 Å². The Bertz CT molecular complexity index is 603. The molecule has 1 aliphatic rings. The second-order valence-electron chi connectivity index (χ2n) is 8.42. The molecular weight excluding hydrogens is 342 g/mol. The molecule has 1 saturated carbocycles. The van der Waals surface area contributed by atoms with Gasteiger partial charge in [0.15, 0.2) is 0 Å². The number of alkyl carbamates (subject to hydrolysis) is 1. The lowest BCUT2D eigenvalue weighted by Crippen LogP contribution is -2.56. The summed E-state index contributed by atoms with van der Waals surface area (Å²) in [5.74, 6) is -0.0183. The molecule has 6 nitrogen and oxygen atoms in total. The fourth-order valence-electron chi connectivity index (χ4n) is 3.42. The second kappa shape index (κ2) is 9.72. The van der Waals surface area contributed by atoms with Crippen LogP contribution in [0, 0.1) is 0 Å². The molecular formula is C21H33N3O3. The normalized spacial score (nSPS) is 16.9. The number of carbonyl (C=O) groups excluding carboxylic acids is 2. The molecule has 1 aromatic heterocycles. The Morgan fingerprint density at radius 1 is 1.15 bits per heavy atom. The number of rotatable bonds is 6. The molecule has 27 heavy (non-hydrogen) atoms. The van der Waals surface area contributed by atoms with Gasteiger partial charge in [0.05, 0.1) is 5.54 Å². The Morgan fingerprint density at radius 3 is 2.44 bits per heavy atom. The summed E-state index contributed by atoms with van der Waals surface area (Å²) < 4.78 is 5.45. The maximum absolute atomic E-state index is 12.3. The van der Waals surface area contributed by atoms with E-state index in [0.717, 1.165) is 44.2 Å². The summed E-state index contributed by atoms with van der Waals surface area (Å²) in [6.07, 6.45) is 8.43. The number of hydrogen-bond acceptors (Lipinski definition) is 4. The molecule has 2 rings (SSSR count). The molecule has 6 heteroatoms. The molecule has 2 N–H and O–H groups in total. The lowest BCUT2D eigenvalue weighted by atomic mass is 9.90. The van der Waals surface area contributed by atoms with Crippen LogP contribution in [0.4, 0.5) is 4.79 Å². The summed E-state index contributed by atoms with van der Waals surface area (Å²) in [5, 5.41) is 6.09. The summed E-state index contributed by atoms with van der Waals surface area (Å²) in [4.78, 5) is 28.9. The van der Waals surface area contributed by atoms with Crippen molar-refractivity contribution in [2.45, 2.75) is 83.3 Å². The van der Waals surface area contributed by atoms with Crippen molar-refractivity contribution in [3.05, 3.63) is 30.1 Å². The number of aromatic nitrogens is 1. The minimum absolute atomic E-state index is 0.0183. The Balaban J connectivity index is 1.91. The number of nitrogens with one attached hydrogen (secondary N) is 2. The zero-order valence-electron chi connectivity index (χ0n) is 16.8. The summed E-state index contributed by atoms with van der Waals surface area (Å²) in [7, 11) is 0. The predicted octanol–water partition coefficient (Wildman–Crippen LogP) is 3.75. The Labute approximate surface area is 162 Å². The summed E-state index contributed by atoms with van der Waals surface area (Å²) in [5.41, 5.74) is -0.0646. The van der Waals surface area contributed by atoms with Crippen molar-refractivity contribution in [1.29, 1.82) is 0 Å². The van der Waals surface area contributed by atoms with E-state index in [-0.39, 0.29) is 5.91 Å². The Kier molecular flexibility index (Phi) is 7.63. The van der Waals surface area contributed by atoms with E-state index in [1.54, 1.807) is 6.20 Å². The maximum atomic E-state index is 12.3. The van der Waals surface area contributed by atoms with E-state index in [1.165, 1.54) is 0 Å². The van der Waals surface area contributed by atoms with Crippen molar-refractivity contribution in [3.63, 3.8) is 0 Å². The van der Waals surface area contributed by atoms with E-state index in [2.05, 4.69) is 15.6 Å². The molecule has 0 aromatic carbocycles. The third kappa shape index (κ3) is 7.97. The third-order valence-corrected chi connectivity index (χ3v) is 4.79. The highest BCUT2D eigenvalue weighted by molar-refractivity contribution is 5.76. The molecule has 0 aliphatic heterocycles. The molecule has 0 radical (unpaired) electrons. The minimum Gasteiger partial charge on any atom is -0.444 e. The van der Waals surface area contributed by atoms with Crippen LogP contribution >= 0.6 is 0 Å². The fourth-order valence-corrected chi connectivity index (χ4v) is 3.42. The van der Waals surface area contributed by atoms with E-state index in [0.29, 0.717) is 19.4 Å². The molecule has 0 atom stereocenters. The molecule has 0 unspecified atom stereocenters. The fraction of sp³-hybridized carbons (Fsp3) is 0.667. The van der Waals surface area contributed by atoms with E-state index in [9.17, 15) is 9.59 Å². The van der Waals surface area contributed by atoms with E-state index in [1.807, 2.05) is 39.0 Å². The van der Waals surface area contributed by atoms with Crippen molar-refractivity contribution < 1.29 is 14.3 Å². The highest BCUT2D eigenvalue weighted by atomic mass is 16.6. The summed E-state index contributed by atoms with van der Waals surface area (Å²) >= 11 is 0. The average Bonchev–Trinajstić information content (AvgIpc) is 2.83. The van der Waals surface area contributed by atoms with E-state index < -0.39 is 17.2 Å². The first-order chi connectivity index (χ1) is 12.8. The van der Waals surface area contributed by atoms with Crippen LogP contribution in [-0.2, 0) is 16.0 Å². The highest BCUT2D eigenvalue weighted by Crippen LogP contribution is 2.27. The van der Waals surface area contributed by atoms with Gasteiger partial charge >= 0.3 is 6.09 Å². The van der Waals surface area contributed by atoms with Crippen LogP contribution in [0.1, 0.15) is 71.4 Å². The topological polar surface area (TPSA) is 80.3 Å². The largest absolute Gasteiger partial charge is 0.444 e. The SMILES string of the molecule is CC(C)(C)OC(=O)NC1(CNC(=O)CCc2ccccn2)CCCCCC1. The van der Waals surface area contributed by atoms with Crippen molar-refractivity contribution >= 4 is 12.0 Å². The number of ether oxygens (including phenoxy) is 1. The molecule has 0 saturated heterocycles. The number of carbonyl (C=O) groups is 2. The van der Waals surface area contributed by atoms with Crippen LogP contribution in [0.5, 0.6) is 0 Å². The van der Waals surface area contributed by atoms with Crippen LogP contribution in [0.25, 0.3) is 0 Å². The van der Waals surface area contributed by atoms with Gasteiger partial charge in [-0.25, -0.2) is 4.79 Å². The highest BCUT2D eigenvalue weighted by Gasteiger charge is 2.34. The first-order valence-corrected chi connectivity index (χ1v) is 9.96. The van der Waals surface area contributed by atoms with Crippen LogP contribution < -0.4 is 10.6 Å². The standard InChI is InChI=1S/C21H33N3O3/c1-20(2,3)27-19(26)24-21(13-7-4-5-8-14-21)16-23-18(25)12-11-17-10-6-9-15-22-17/h6,9-10,15H,4-5,7-8,11-14,16H2,1-3H3,(H,23,25)(H,24,26). The smallest absolute Gasteiger partial charge is 0.408 e. The quantitative estimate of drug-likeness (QED) is 0.742. The minimum atomic E-state index is -0.540. The first-order valence-electron chi connectivity index (χ1n) is 9.96. The first kappa shape index (κ1) is 21.2. The molecule has 1 aromatic rings. The molecule has 1 fully saturated rings. The van der Waals surface area contributed by atoms with Crippen LogP contribution in [0.2, 0.25) is 0 Å². The molecule has 2 amide bonds. The van der Waals surface area contributed by atoms with Gasteiger partial charge in [0, 0.05) is 24.9 Å². The van der Waals surface area contributed by atoms with Gasteiger partial charge in [-0.3, -0.25) is 9.78 Å². The molecule has 1 aliphatic carbocycles. The lowest BCUT2D eigenvalue weighted by Gasteiger charge is -2.35. The van der Waals surface area contributed by atoms with E-state index >= 15 is 0 Å². The van der Waals surface area contributed by atoms with Crippen LogP contribution in [-0.4, -0.2) is 34.7 Å². The van der Waals surface area contributed by atoms with Crippen molar-refractivity contribution in [1.82, 2.24) is 15.6 Å². The third-order valence-electron chi connectivity index (χ3n) is 4.79. The van der Waals surface area contributed by atoms with E-state index in [4.69, 9.17) is 4.74 Å². The number of amides is 2. The van der Waals surface area contributed by atoms with Gasteiger partial charge in [0.2, 0.25) is 5.91 Å². The molecule has 150 valence electrons. The average molecular weight is 376 g/mol. The van der Waals surface area contributed by atoms with Crippen molar-refractivity contribution in [3.8, 4) is 0 Å².